The molecule has 0 spiro atoms. The number of rotatable bonds is 13. The molecule has 0 saturated carbocycles. The highest BCUT2D eigenvalue weighted by atomic mass is 17.2. The van der Waals surface area contributed by atoms with Crippen molar-refractivity contribution in [2.24, 2.45) is 0 Å². The van der Waals surface area contributed by atoms with Crippen LogP contribution in [0.2, 0.25) is 0 Å². The maximum absolute atomic E-state index is 11.2. The normalized spacial score (nSPS) is 9.64. The topological polar surface area (TPSA) is 105 Å². The minimum Gasteiger partial charge on any atom is -0.298 e. The molecule has 0 unspecified atom stereocenters. The third-order valence-electron chi connectivity index (χ3n) is 2.16. The summed E-state index contributed by atoms with van der Waals surface area (Å²) < 4.78 is 0. The van der Waals surface area contributed by atoms with E-state index in [1.165, 1.54) is 0 Å². The van der Waals surface area contributed by atoms with Crippen molar-refractivity contribution in [1.29, 1.82) is 0 Å². The van der Waals surface area contributed by atoms with Gasteiger partial charge in [0.2, 0.25) is 0 Å². The van der Waals surface area contributed by atoms with Crippen LogP contribution in [0.4, 0.5) is 0 Å². The molecule has 122 valence electrons. The number of hydrogen-bond acceptors (Lipinski definition) is 8. The Labute approximate surface area is 127 Å². The second-order valence-electron chi connectivity index (χ2n) is 3.90. The van der Waals surface area contributed by atoms with Crippen molar-refractivity contribution in [3.8, 4) is 0 Å². The molecule has 0 aromatic carbocycles. The Morgan fingerprint density at radius 1 is 0.682 bits per heavy atom. The number of carbonyl (C=O) groups is 4. The largest absolute Gasteiger partial charge is 0.342 e. The predicted molar refractivity (Wildman–Crippen MR) is 73.0 cm³/mol. The number of hydrogen-bond donors (Lipinski definition) is 0. The molecule has 0 aromatic heterocycles. The third kappa shape index (κ3) is 11.5. The van der Waals surface area contributed by atoms with Crippen molar-refractivity contribution in [2.45, 2.75) is 25.7 Å². The van der Waals surface area contributed by atoms with Gasteiger partial charge in [-0.3, -0.25) is 19.4 Å². The van der Waals surface area contributed by atoms with Crippen LogP contribution in [0.1, 0.15) is 25.7 Å². The first-order valence-electron chi connectivity index (χ1n) is 6.44. The Hall–Kier alpha value is -2.32. The summed E-state index contributed by atoms with van der Waals surface area (Å²) in [6.45, 7) is 6.35. The predicted octanol–water partition coefficient (Wildman–Crippen LogP) is 1.01. The maximum Gasteiger partial charge on any atom is 0.342 e. The Bertz CT molecular complexity index is 387. The first kappa shape index (κ1) is 19.7. The summed E-state index contributed by atoms with van der Waals surface area (Å²) in [5.74, 6) is -2.06. The highest BCUT2D eigenvalue weighted by Crippen LogP contribution is 1.98. The average Bonchev–Trinajstić information content (AvgIpc) is 2.52. The summed E-state index contributed by atoms with van der Waals surface area (Å²) in [5, 5.41) is 0. The molecular weight excluding hydrogens is 296 g/mol. The summed E-state index contributed by atoms with van der Waals surface area (Å²) in [7, 11) is 0. The van der Waals surface area contributed by atoms with Gasteiger partial charge in [-0.2, -0.15) is 9.78 Å². The molecule has 0 saturated heterocycles. The van der Waals surface area contributed by atoms with Gasteiger partial charge in [-0.25, -0.2) is 9.59 Å². The van der Waals surface area contributed by atoms with Crippen molar-refractivity contribution in [3.63, 3.8) is 0 Å². The van der Waals surface area contributed by atoms with E-state index in [0.29, 0.717) is 0 Å². The van der Waals surface area contributed by atoms with Crippen LogP contribution in [0.3, 0.4) is 0 Å². The average molecular weight is 314 g/mol. The van der Waals surface area contributed by atoms with E-state index < -0.39 is 11.9 Å². The minimum absolute atomic E-state index is 0.0378. The van der Waals surface area contributed by atoms with E-state index >= 15 is 0 Å². The lowest BCUT2D eigenvalue weighted by Gasteiger charge is -2.03. The van der Waals surface area contributed by atoms with Crippen LogP contribution in [0.25, 0.3) is 0 Å². The van der Waals surface area contributed by atoms with Crippen molar-refractivity contribution in [3.05, 3.63) is 25.3 Å². The molecule has 0 heterocycles. The highest BCUT2D eigenvalue weighted by Gasteiger charge is 2.11. The van der Waals surface area contributed by atoms with E-state index in [4.69, 9.17) is 0 Å². The Kier molecular flexibility index (Phi) is 11.1. The summed E-state index contributed by atoms with van der Waals surface area (Å²) in [5.41, 5.74) is 0. The first-order chi connectivity index (χ1) is 10.5. The Morgan fingerprint density at radius 2 is 1.05 bits per heavy atom. The smallest absolute Gasteiger partial charge is 0.298 e. The molecule has 0 rings (SSSR count). The molecule has 0 fully saturated rings. The van der Waals surface area contributed by atoms with Gasteiger partial charge in [-0.15, -0.1) is 0 Å². The molecule has 0 aliphatic heterocycles. The fourth-order valence-electron chi connectivity index (χ4n) is 0.991. The molecule has 0 aliphatic carbocycles. The lowest BCUT2D eigenvalue weighted by molar-refractivity contribution is -0.277. The second kappa shape index (κ2) is 12.4. The second-order valence-corrected chi connectivity index (χ2v) is 3.90. The molecule has 0 bridgehead atoms. The lowest BCUT2D eigenvalue weighted by atomic mass is 10.3. The highest BCUT2D eigenvalue weighted by molar-refractivity contribution is 5.89. The summed E-state index contributed by atoms with van der Waals surface area (Å²) in [6, 6.07) is 0. The Balaban J connectivity index is 3.58. The van der Waals surface area contributed by atoms with Gasteiger partial charge < -0.3 is 0 Å². The molecule has 22 heavy (non-hydrogen) atoms. The van der Waals surface area contributed by atoms with Gasteiger partial charge in [-0.05, 0) is 12.2 Å². The van der Waals surface area contributed by atoms with Crippen LogP contribution < -0.4 is 0 Å². The van der Waals surface area contributed by atoms with Crippen LogP contribution in [-0.4, -0.2) is 36.7 Å². The van der Waals surface area contributed by atoms with E-state index in [0.717, 1.165) is 12.2 Å². The van der Waals surface area contributed by atoms with Crippen LogP contribution in [0, 0.1) is 0 Å². The van der Waals surface area contributed by atoms with E-state index in [1.807, 2.05) is 0 Å². The van der Waals surface area contributed by atoms with Gasteiger partial charge in [0.1, 0.15) is 13.2 Å². The molecular formula is C14H18O8. The van der Waals surface area contributed by atoms with Gasteiger partial charge in [0.15, 0.2) is 11.6 Å². The molecule has 0 aliphatic rings. The molecule has 0 atom stereocenters. The van der Waals surface area contributed by atoms with Crippen molar-refractivity contribution in [1.82, 2.24) is 0 Å². The van der Waals surface area contributed by atoms with Crippen LogP contribution >= 0.6 is 0 Å². The standard InChI is InChI=1S/C14H18O8/c1-3-11(15)7-9-19-21-13(17)5-6-14(18)22-20-10-8-12(16)4-2/h3-4H,1-2,5-10H2. The van der Waals surface area contributed by atoms with Crippen molar-refractivity contribution < 1.29 is 38.7 Å². The minimum atomic E-state index is -0.787. The molecule has 8 nitrogen and oxygen atoms in total. The third-order valence-corrected chi connectivity index (χ3v) is 2.16. The van der Waals surface area contributed by atoms with Gasteiger partial charge >= 0.3 is 11.9 Å². The zero-order valence-electron chi connectivity index (χ0n) is 12.1. The fraction of sp³-hybridized carbons (Fsp3) is 0.429. The molecule has 8 heteroatoms. The Morgan fingerprint density at radius 3 is 1.36 bits per heavy atom. The first-order valence-corrected chi connectivity index (χ1v) is 6.44. The lowest BCUT2D eigenvalue weighted by Crippen LogP contribution is -2.13. The molecule has 0 radical (unpaired) electrons. The zero-order chi connectivity index (χ0) is 16.8. The maximum atomic E-state index is 11.2. The fourth-order valence-corrected chi connectivity index (χ4v) is 0.991. The molecule has 0 N–H and O–H groups in total. The van der Waals surface area contributed by atoms with Gasteiger partial charge in [0, 0.05) is 12.8 Å². The molecule has 0 aromatic rings. The monoisotopic (exact) mass is 314 g/mol. The van der Waals surface area contributed by atoms with Gasteiger partial charge in [0.25, 0.3) is 0 Å². The van der Waals surface area contributed by atoms with Crippen LogP contribution in [0.5, 0.6) is 0 Å². The van der Waals surface area contributed by atoms with E-state index in [9.17, 15) is 19.2 Å². The van der Waals surface area contributed by atoms with Crippen LogP contribution in [0.15, 0.2) is 25.3 Å². The number of allylic oxidation sites excluding steroid dienone is 2. The summed E-state index contributed by atoms with van der Waals surface area (Å²) in [6.07, 6.45) is 1.78. The van der Waals surface area contributed by atoms with E-state index in [1.54, 1.807) is 0 Å². The quantitative estimate of drug-likeness (QED) is 0.215. The van der Waals surface area contributed by atoms with Crippen LogP contribution in [-0.2, 0) is 38.7 Å². The zero-order valence-corrected chi connectivity index (χ0v) is 12.1. The van der Waals surface area contributed by atoms with Gasteiger partial charge in [0.05, 0.1) is 12.8 Å². The SMILES string of the molecule is C=CC(=O)CCOOC(=O)CCC(=O)OOCCC(=O)C=C. The number of carbonyl (C=O) groups excluding carboxylic acids is 4. The van der Waals surface area contributed by atoms with E-state index in [-0.39, 0.29) is 50.5 Å². The van der Waals surface area contributed by atoms with Crippen molar-refractivity contribution >= 4 is 23.5 Å². The number of ketones is 2. The summed E-state index contributed by atoms with van der Waals surface area (Å²) in [4.78, 5) is 61.6. The van der Waals surface area contributed by atoms with Crippen molar-refractivity contribution in [2.75, 3.05) is 13.2 Å². The summed E-state index contributed by atoms with van der Waals surface area (Å²) >= 11 is 0. The molecule has 0 amide bonds. The van der Waals surface area contributed by atoms with Gasteiger partial charge in [-0.1, -0.05) is 13.2 Å². The van der Waals surface area contributed by atoms with E-state index in [2.05, 4.69) is 32.7 Å².